The molecular weight excluding hydrogens is 428 g/mol. The van der Waals surface area contributed by atoms with Crippen molar-refractivity contribution in [1.29, 1.82) is 0 Å². The number of aliphatic carboxylic acids is 1. The van der Waals surface area contributed by atoms with Crippen molar-refractivity contribution in [1.82, 2.24) is 5.32 Å². The van der Waals surface area contributed by atoms with Gasteiger partial charge in [-0.05, 0) is 67.3 Å². The van der Waals surface area contributed by atoms with E-state index in [-0.39, 0.29) is 18.4 Å². The van der Waals surface area contributed by atoms with Gasteiger partial charge in [-0.25, -0.2) is 4.79 Å². The Labute approximate surface area is 203 Å². The molecule has 2 N–H and O–H groups in total. The van der Waals surface area contributed by atoms with E-state index in [0.717, 1.165) is 25.1 Å². The van der Waals surface area contributed by atoms with Crippen molar-refractivity contribution in [2.24, 2.45) is 5.92 Å². The monoisotopic (exact) mass is 466 g/mol. The Hall–Kier alpha value is -3.02. The highest BCUT2D eigenvalue weighted by molar-refractivity contribution is 5.79. The van der Waals surface area contributed by atoms with Gasteiger partial charge in [0.1, 0.15) is 5.75 Å². The van der Waals surface area contributed by atoms with Gasteiger partial charge in [-0.3, -0.25) is 4.79 Å². The Bertz CT molecular complexity index is 936. The molecule has 0 radical (unpaired) electrons. The predicted octanol–water partition coefficient (Wildman–Crippen LogP) is 5.37. The fraction of sp³-hybridized carbons (Fsp3) is 0.500. The first kappa shape index (κ1) is 25.6. The summed E-state index contributed by atoms with van der Waals surface area (Å²) < 4.78 is 5.52. The Morgan fingerprint density at radius 3 is 2.32 bits per heavy atom. The number of amides is 1. The molecule has 2 unspecified atom stereocenters. The van der Waals surface area contributed by atoms with Gasteiger partial charge < -0.3 is 20.1 Å². The van der Waals surface area contributed by atoms with E-state index in [1.807, 2.05) is 12.1 Å². The lowest BCUT2D eigenvalue weighted by Crippen LogP contribution is -2.34. The number of piperidine rings is 1. The molecule has 6 heteroatoms. The molecule has 6 nitrogen and oxygen atoms in total. The van der Waals surface area contributed by atoms with Crippen molar-refractivity contribution in [3.8, 4) is 5.75 Å². The first-order chi connectivity index (χ1) is 16.4. The number of nitrogens with one attached hydrogen (secondary N) is 1. The maximum atomic E-state index is 13.0. The van der Waals surface area contributed by atoms with Crippen LogP contribution in [0.5, 0.6) is 5.75 Å². The molecule has 3 rings (SSSR count). The second-order valence-corrected chi connectivity index (χ2v) is 9.53. The van der Waals surface area contributed by atoms with Gasteiger partial charge in [-0.1, -0.05) is 51.1 Å². The van der Waals surface area contributed by atoms with Crippen LogP contribution in [0.25, 0.3) is 0 Å². The molecule has 34 heavy (non-hydrogen) atoms. The first-order valence-electron chi connectivity index (χ1n) is 12.5. The summed E-state index contributed by atoms with van der Waals surface area (Å²) in [6.45, 7) is 8.27. The topological polar surface area (TPSA) is 78.9 Å². The third-order valence-corrected chi connectivity index (χ3v) is 6.26. The second kappa shape index (κ2) is 12.4. The van der Waals surface area contributed by atoms with Crippen molar-refractivity contribution in [2.75, 3.05) is 18.0 Å². The van der Waals surface area contributed by atoms with Crippen LogP contribution in [-0.4, -0.2) is 36.2 Å². The van der Waals surface area contributed by atoms with E-state index in [0.29, 0.717) is 18.1 Å². The SMILES string of the molecule is CCC(Oc1ccc(CC(=O)NC(CC(C)C)c2ccccc2N2CCCCC2)cc1)C(=O)O. The lowest BCUT2D eigenvalue weighted by Gasteiger charge is -2.33. The molecule has 1 amide bonds. The zero-order valence-corrected chi connectivity index (χ0v) is 20.6. The summed E-state index contributed by atoms with van der Waals surface area (Å²) in [6.07, 6.45) is 4.35. The minimum Gasteiger partial charge on any atom is -0.479 e. The molecule has 184 valence electrons. The number of para-hydroxylation sites is 1. The maximum absolute atomic E-state index is 13.0. The minimum atomic E-state index is -0.980. The normalized spacial score (nSPS) is 15.6. The van der Waals surface area contributed by atoms with E-state index >= 15 is 0 Å². The zero-order valence-electron chi connectivity index (χ0n) is 20.6. The lowest BCUT2D eigenvalue weighted by molar-refractivity contribution is -0.145. The number of carbonyl (C=O) groups is 2. The molecule has 0 spiro atoms. The van der Waals surface area contributed by atoms with Gasteiger partial charge in [-0.15, -0.1) is 0 Å². The number of anilines is 1. The van der Waals surface area contributed by atoms with Gasteiger partial charge in [-0.2, -0.15) is 0 Å². The van der Waals surface area contributed by atoms with Crippen molar-refractivity contribution >= 4 is 17.6 Å². The fourth-order valence-electron chi connectivity index (χ4n) is 4.53. The van der Waals surface area contributed by atoms with Gasteiger partial charge in [0.05, 0.1) is 12.5 Å². The van der Waals surface area contributed by atoms with Crippen molar-refractivity contribution < 1.29 is 19.4 Å². The summed E-state index contributed by atoms with van der Waals surface area (Å²) in [5, 5.41) is 12.5. The van der Waals surface area contributed by atoms with Crippen LogP contribution in [0.1, 0.15) is 70.0 Å². The van der Waals surface area contributed by atoms with Crippen molar-refractivity contribution in [2.45, 2.75) is 71.4 Å². The summed E-state index contributed by atoms with van der Waals surface area (Å²) in [5.74, 6) is -0.0693. The van der Waals surface area contributed by atoms with Crippen LogP contribution in [0, 0.1) is 5.92 Å². The van der Waals surface area contributed by atoms with Crippen LogP contribution < -0.4 is 15.0 Å². The number of rotatable bonds is 11. The number of carboxylic acids is 1. The predicted molar refractivity (Wildman–Crippen MR) is 135 cm³/mol. The number of hydrogen-bond donors (Lipinski definition) is 2. The van der Waals surface area contributed by atoms with Crippen LogP contribution in [0.4, 0.5) is 5.69 Å². The highest BCUT2D eigenvalue weighted by Crippen LogP contribution is 2.32. The van der Waals surface area contributed by atoms with Gasteiger partial charge in [0.2, 0.25) is 5.91 Å². The average Bonchev–Trinajstić information content (AvgIpc) is 2.83. The zero-order chi connectivity index (χ0) is 24.5. The summed E-state index contributed by atoms with van der Waals surface area (Å²) in [5.41, 5.74) is 3.29. The third-order valence-electron chi connectivity index (χ3n) is 6.26. The standard InChI is InChI=1S/C28H38N2O4/c1-4-26(28(32)33)34-22-14-12-21(13-15-22)19-27(31)29-24(18-20(2)3)23-10-6-7-11-25(23)30-16-8-5-9-17-30/h6-7,10-15,20,24,26H,4-5,8-9,16-19H2,1-3H3,(H,29,31)(H,32,33). The van der Waals surface area contributed by atoms with Gasteiger partial charge in [0.25, 0.3) is 0 Å². The molecule has 2 aromatic rings. The number of ether oxygens (including phenoxy) is 1. The minimum absolute atomic E-state index is 0.0234. The van der Waals surface area contributed by atoms with Crippen LogP contribution >= 0.6 is 0 Å². The molecule has 1 fully saturated rings. The molecule has 0 saturated carbocycles. The Morgan fingerprint density at radius 2 is 1.71 bits per heavy atom. The summed E-state index contributed by atoms with van der Waals surface area (Å²) in [7, 11) is 0. The van der Waals surface area contributed by atoms with E-state index < -0.39 is 12.1 Å². The molecule has 0 aliphatic carbocycles. The molecule has 0 bridgehead atoms. The maximum Gasteiger partial charge on any atom is 0.344 e. The number of carbonyl (C=O) groups excluding carboxylic acids is 1. The van der Waals surface area contributed by atoms with Crippen molar-refractivity contribution in [3.05, 3.63) is 59.7 Å². The number of hydrogen-bond acceptors (Lipinski definition) is 4. The number of carboxylic acid groups (broad SMARTS) is 1. The number of nitrogens with zero attached hydrogens (tertiary/aromatic N) is 1. The molecule has 2 atom stereocenters. The molecule has 1 heterocycles. The average molecular weight is 467 g/mol. The van der Waals surface area contributed by atoms with E-state index in [4.69, 9.17) is 4.74 Å². The molecule has 1 aliphatic heterocycles. The van der Waals surface area contributed by atoms with Crippen LogP contribution in [0.3, 0.4) is 0 Å². The van der Waals surface area contributed by atoms with Crippen molar-refractivity contribution in [3.63, 3.8) is 0 Å². The van der Waals surface area contributed by atoms with Crippen LogP contribution in [0.2, 0.25) is 0 Å². The Morgan fingerprint density at radius 1 is 1.03 bits per heavy atom. The Balaban J connectivity index is 1.69. The first-order valence-corrected chi connectivity index (χ1v) is 12.5. The third kappa shape index (κ3) is 7.24. The van der Waals surface area contributed by atoms with E-state index in [9.17, 15) is 14.7 Å². The lowest BCUT2D eigenvalue weighted by atomic mass is 9.94. The van der Waals surface area contributed by atoms with Gasteiger partial charge in [0.15, 0.2) is 6.10 Å². The molecule has 1 aliphatic rings. The Kier molecular flexibility index (Phi) is 9.37. The van der Waals surface area contributed by atoms with E-state index in [1.165, 1.54) is 30.5 Å². The quantitative estimate of drug-likeness (QED) is 0.466. The smallest absolute Gasteiger partial charge is 0.344 e. The van der Waals surface area contributed by atoms with Gasteiger partial charge in [0, 0.05) is 18.8 Å². The number of benzene rings is 2. The van der Waals surface area contributed by atoms with Crippen LogP contribution in [0.15, 0.2) is 48.5 Å². The highest BCUT2D eigenvalue weighted by Gasteiger charge is 2.23. The molecular formula is C28H38N2O4. The summed E-state index contributed by atoms with van der Waals surface area (Å²) >= 11 is 0. The summed E-state index contributed by atoms with van der Waals surface area (Å²) in [6, 6.07) is 15.5. The largest absolute Gasteiger partial charge is 0.479 e. The second-order valence-electron chi connectivity index (χ2n) is 9.53. The van der Waals surface area contributed by atoms with Gasteiger partial charge >= 0.3 is 5.97 Å². The summed E-state index contributed by atoms with van der Waals surface area (Å²) in [4.78, 5) is 26.7. The molecule has 1 saturated heterocycles. The highest BCUT2D eigenvalue weighted by atomic mass is 16.5. The fourth-order valence-corrected chi connectivity index (χ4v) is 4.53. The molecule has 0 aromatic heterocycles. The van der Waals surface area contributed by atoms with Crippen LogP contribution in [-0.2, 0) is 16.0 Å². The van der Waals surface area contributed by atoms with E-state index in [1.54, 1.807) is 19.1 Å². The van der Waals surface area contributed by atoms with E-state index in [2.05, 4.69) is 48.3 Å². The molecule has 2 aromatic carbocycles.